The molecule has 1 aliphatic rings. The SMILES string of the molecule is CCNC(=O)N1CCN(C(=O)Cn2cnc3scc(-c4cccs4)c3c2=O)CC1. The molecule has 3 amide bonds. The summed E-state index contributed by atoms with van der Waals surface area (Å²) < 4.78 is 1.38. The van der Waals surface area contributed by atoms with Gasteiger partial charge in [0.05, 0.1) is 11.7 Å². The van der Waals surface area contributed by atoms with Crippen molar-refractivity contribution in [2.24, 2.45) is 0 Å². The zero-order valence-corrected chi connectivity index (χ0v) is 17.6. The first-order chi connectivity index (χ1) is 14.1. The van der Waals surface area contributed by atoms with Gasteiger partial charge in [0, 0.05) is 48.5 Å². The molecule has 0 saturated carbocycles. The van der Waals surface area contributed by atoms with E-state index in [1.807, 2.05) is 29.8 Å². The maximum Gasteiger partial charge on any atom is 0.317 e. The van der Waals surface area contributed by atoms with Crippen molar-refractivity contribution in [3.8, 4) is 10.4 Å². The Kier molecular flexibility index (Phi) is 5.63. The lowest BCUT2D eigenvalue weighted by Gasteiger charge is -2.34. The topological polar surface area (TPSA) is 87.5 Å². The number of carbonyl (C=O) groups is 2. The standard InChI is InChI=1S/C19H21N5O3S2/c1-2-20-19(27)23-7-5-22(6-8-23)15(25)10-24-12-21-17-16(18(24)26)13(11-29-17)14-4-3-9-28-14/h3-4,9,11-12H,2,5-8,10H2,1H3,(H,20,27). The molecule has 29 heavy (non-hydrogen) atoms. The van der Waals surface area contributed by atoms with Crippen molar-refractivity contribution in [3.63, 3.8) is 0 Å². The lowest BCUT2D eigenvalue weighted by Crippen LogP contribution is -2.53. The molecule has 3 aromatic heterocycles. The van der Waals surface area contributed by atoms with Gasteiger partial charge in [-0.25, -0.2) is 9.78 Å². The first-order valence-corrected chi connectivity index (χ1v) is 11.2. The number of aromatic nitrogens is 2. The van der Waals surface area contributed by atoms with E-state index in [4.69, 9.17) is 0 Å². The number of urea groups is 1. The van der Waals surface area contributed by atoms with Crippen molar-refractivity contribution in [2.75, 3.05) is 32.7 Å². The summed E-state index contributed by atoms with van der Waals surface area (Å²) in [7, 11) is 0. The number of hydrogen-bond donors (Lipinski definition) is 1. The van der Waals surface area contributed by atoms with E-state index >= 15 is 0 Å². The van der Waals surface area contributed by atoms with Gasteiger partial charge in [-0.05, 0) is 18.4 Å². The number of fused-ring (bicyclic) bond motifs is 1. The molecule has 1 N–H and O–H groups in total. The molecule has 0 radical (unpaired) electrons. The average Bonchev–Trinajstić information content (AvgIpc) is 3.40. The number of thiophene rings is 2. The van der Waals surface area contributed by atoms with E-state index in [0.29, 0.717) is 42.9 Å². The van der Waals surface area contributed by atoms with Crippen LogP contribution in [-0.4, -0.2) is 64.0 Å². The van der Waals surface area contributed by atoms with Crippen LogP contribution < -0.4 is 10.9 Å². The van der Waals surface area contributed by atoms with Crippen LogP contribution >= 0.6 is 22.7 Å². The summed E-state index contributed by atoms with van der Waals surface area (Å²) in [6.07, 6.45) is 1.45. The van der Waals surface area contributed by atoms with Crippen LogP contribution in [0, 0.1) is 0 Å². The summed E-state index contributed by atoms with van der Waals surface area (Å²) in [5.41, 5.74) is 0.670. The first-order valence-electron chi connectivity index (χ1n) is 9.39. The normalized spacial score (nSPS) is 14.4. The molecular weight excluding hydrogens is 410 g/mol. The maximum atomic E-state index is 13.0. The largest absolute Gasteiger partial charge is 0.338 e. The van der Waals surface area contributed by atoms with Gasteiger partial charge in [-0.2, -0.15) is 0 Å². The van der Waals surface area contributed by atoms with E-state index in [-0.39, 0.29) is 24.0 Å². The minimum absolute atomic E-state index is 0.0529. The molecule has 0 bridgehead atoms. The molecule has 3 aromatic rings. The van der Waals surface area contributed by atoms with E-state index in [1.54, 1.807) is 21.1 Å². The number of hydrogen-bond acceptors (Lipinski definition) is 6. The van der Waals surface area contributed by atoms with Crippen molar-refractivity contribution in [2.45, 2.75) is 13.5 Å². The van der Waals surface area contributed by atoms with Gasteiger partial charge < -0.3 is 15.1 Å². The van der Waals surface area contributed by atoms with Gasteiger partial charge in [-0.1, -0.05) is 6.07 Å². The van der Waals surface area contributed by atoms with E-state index in [9.17, 15) is 14.4 Å². The fourth-order valence-corrected chi connectivity index (χ4v) is 5.08. The molecule has 8 nitrogen and oxygen atoms in total. The van der Waals surface area contributed by atoms with Gasteiger partial charge in [0.25, 0.3) is 5.56 Å². The zero-order chi connectivity index (χ0) is 20.4. The van der Waals surface area contributed by atoms with Gasteiger partial charge >= 0.3 is 6.03 Å². The summed E-state index contributed by atoms with van der Waals surface area (Å²) in [4.78, 5) is 47.1. The van der Waals surface area contributed by atoms with Crippen LogP contribution in [0.5, 0.6) is 0 Å². The summed E-state index contributed by atoms with van der Waals surface area (Å²) in [6, 6.07) is 3.81. The minimum Gasteiger partial charge on any atom is -0.338 e. The predicted octanol–water partition coefficient (Wildman–Crippen LogP) is 2.06. The highest BCUT2D eigenvalue weighted by Gasteiger charge is 2.24. The summed E-state index contributed by atoms with van der Waals surface area (Å²) >= 11 is 3.00. The van der Waals surface area contributed by atoms with Gasteiger partial charge in [0.15, 0.2) is 0 Å². The number of nitrogens with one attached hydrogen (secondary N) is 1. The van der Waals surface area contributed by atoms with Crippen molar-refractivity contribution in [3.05, 3.63) is 39.6 Å². The number of nitrogens with zero attached hydrogens (tertiary/aromatic N) is 4. The molecule has 10 heteroatoms. The Labute approximate surface area is 175 Å². The number of amides is 3. The molecule has 4 heterocycles. The Bertz CT molecular complexity index is 1080. The van der Waals surface area contributed by atoms with Crippen LogP contribution in [0.15, 0.2) is 34.0 Å². The van der Waals surface area contributed by atoms with Crippen LogP contribution in [0.3, 0.4) is 0 Å². The Morgan fingerprint density at radius 2 is 1.93 bits per heavy atom. The lowest BCUT2D eigenvalue weighted by atomic mass is 10.2. The summed E-state index contributed by atoms with van der Waals surface area (Å²) in [5, 5.41) is 7.25. The average molecular weight is 432 g/mol. The Morgan fingerprint density at radius 3 is 2.62 bits per heavy atom. The molecule has 0 aromatic carbocycles. The highest BCUT2D eigenvalue weighted by Crippen LogP contribution is 2.33. The summed E-state index contributed by atoms with van der Waals surface area (Å²) in [5.74, 6) is -0.142. The Balaban J connectivity index is 1.49. The molecule has 152 valence electrons. The zero-order valence-electron chi connectivity index (χ0n) is 16.0. The van der Waals surface area contributed by atoms with Gasteiger partial charge in [0.1, 0.15) is 11.4 Å². The fourth-order valence-electron chi connectivity index (χ4n) is 3.36. The van der Waals surface area contributed by atoms with Gasteiger partial charge in [0.2, 0.25) is 5.91 Å². The molecular formula is C19H21N5O3S2. The Morgan fingerprint density at radius 1 is 1.17 bits per heavy atom. The number of carbonyl (C=O) groups excluding carboxylic acids is 2. The van der Waals surface area contributed by atoms with E-state index < -0.39 is 0 Å². The molecule has 0 atom stereocenters. The molecule has 1 fully saturated rings. The van der Waals surface area contributed by atoms with E-state index in [1.165, 1.54) is 22.2 Å². The van der Waals surface area contributed by atoms with E-state index in [0.717, 1.165) is 10.4 Å². The second-order valence-electron chi connectivity index (χ2n) is 6.69. The third-order valence-electron chi connectivity index (χ3n) is 4.90. The van der Waals surface area contributed by atoms with Crippen molar-refractivity contribution in [1.29, 1.82) is 0 Å². The van der Waals surface area contributed by atoms with Crippen LogP contribution in [0.1, 0.15) is 6.92 Å². The van der Waals surface area contributed by atoms with Crippen molar-refractivity contribution >= 4 is 44.8 Å². The molecule has 0 spiro atoms. The number of piperazine rings is 1. The fraction of sp³-hybridized carbons (Fsp3) is 0.368. The van der Waals surface area contributed by atoms with Gasteiger partial charge in [-0.15, -0.1) is 22.7 Å². The maximum absolute atomic E-state index is 13.0. The molecule has 1 saturated heterocycles. The second-order valence-corrected chi connectivity index (χ2v) is 8.49. The second kappa shape index (κ2) is 8.34. The minimum atomic E-state index is -0.200. The van der Waals surface area contributed by atoms with Crippen molar-refractivity contribution < 1.29 is 9.59 Å². The quantitative estimate of drug-likeness (QED) is 0.685. The highest BCUT2D eigenvalue weighted by atomic mass is 32.1. The van der Waals surface area contributed by atoms with Crippen LogP contribution in [0.25, 0.3) is 20.7 Å². The molecule has 1 aliphatic heterocycles. The van der Waals surface area contributed by atoms with E-state index in [2.05, 4.69) is 10.3 Å². The summed E-state index contributed by atoms with van der Waals surface area (Å²) in [6.45, 7) is 4.28. The molecule has 0 aliphatic carbocycles. The Hall–Kier alpha value is -2.72. The first kappa shape index (κ1) is 19.6. The highest BCUT2D eigenvalue weighted by molar-refractivity contribution is 7.18. The lowest BCUT2D eigenvalue weighted by molar-refractivity contribution is -0.133. The van der Waals surface area contributed by atoms with Crippen molar-refractivity contribution in [1.82, 2.24) is 24.7 Å². The van der Waals surface area contributed by atoms with Gasteiger partial charge in [-0.3, -0.25) is 14.2 Å². The van der Waals surface area contributed by atoms with Crippen LogP contribution in [0.4, 0.5) is 4.79 Å². The number of rotatable bonds is 4. The molecule has 4 rings (SSSR count). The third kappa shape index (κ3) is 3.90. The van der Waals surface area contributed by atoms with Crippen LogP contribution in [0.2, 0.25) is 0 Å². The smallest absolute Gasteiger partial charge is 0.317 e. The third-order valence-corrected chi connectivity index (χ3v) is 6.69. The van der Waals surface area contributed by atoms with Crippen LogP contribution in [-0.2, 0) is 11.3 Å². The monoisotopic (exact) mass is 431 g/mol. The molecule has 0 unspecified atom stereocenters. The predicted molar refractivity (Wildman–Crippen MR) is 114 cm³/mol.